The smallest absolute Gasteiger partial charge is 0.0391 e. The van der Waals surface area contributed by atoms with E-state index in [1.807, 2.05) is 0 Å². The standard InChI is InChI=1S/C24H42S2/c1-21(2,3)15-13-17(25-19(15)23(7,8)9)18-14-16(22(4,5)6)20(26-18)24(10,11)12/h13-14,17-20H,1-12H3/t17-,18+,19-,20-/m1/s1. The van der Waals surface area contributed by atoms with Crippen molar-refractivity contribution >= 4 is 23.5 Å². The molecule has 150 valence electrons. The first-order chi connectivity index (χ1) is 11.4. The van der Waals surface area contributed by atoms with Crippen LogP contribution in [0.5, 0.6) is 0 Å². The maximum Gasteiger partial charge on any atom is 0.0391 e. The maximum atomic E-state index is 2.64. The molecule has 26 heavy (non-hydrogen) atoms. The lowest BCUT2D eigenvalue weighted by Crippen LogP contribution is -2.29. The summed E-state index contributed by atoms with van der Waals surface area (Å²) in [6.45, 7) is 28.7. The normalized spacial score (nSPS) is 31.2. The van der Waals surface area contributed by atoms with Crippen molar-refractivity contribution < 1.29 is 0 Å². The molecule has 2 heteroatoms. The summed E-state index contributed by atoms with van der Waals surface area (Å²) in [5.41, 5.74) is 4.44. The highest BCUT2D eigenvalue weighted by atomic mass is 32.2. The van der Waals surface area contributed by atoms with Gasteiger partial charge in [-0.05, 0) is 21.7 Å². The Labute approximate surface area is 172 Å². The van der Waals surface area contributed by atoms with Crippen molar-refractivity contribution in [3.8, 4) is 0 Å². The van der Waals surface area contributed by atoms with Gasteiger partial charge in [0, 0.05) is 21.0 Å². The van der Waals surface area contributed by atoms with Crippen LogP contribution in [0.2, 0.25) is 0 Å². The molecule has 0 aromatic heterocycles. The van der Waals surface area contributed by atoms with E-state index in [9.17, 15) is 0 Å². The molecule has 0 saturated carbocycles. The van der Waals surface area contributed by atoms with Gasteiger partial charge >= 0.3 is 0 Å². The molecule has 2 aliphatic heterocycles. The second kappa shape index (κ2) is 6.90. The summed E-state index contributed by atoms with van der Waals surface area (Å²) in [4.78, 5) is 0. The Morgan fingerprint density at radius 2 is 0.808 bits per heavy atom. The lowest BCUT2D eigenvalue weighted by molar-refractivity contribution is 0.373. The monoisotopic (exact) mass is 394 g/mol. The van der Waals surface area contributed by atoms with Gasteiger partial charge in [0.1, 0.15) is 0 Å². The summed E-state index contributed by atoms with van der Waals surface area (Å²) in [5.74, 6) is 0. The quantitative estimate of drug-likeness (QED) is 0.413. The predicted molar refractivity (Wildman–Crippen MR) is 124 cm³/mol. The second-order valence-corrected chi connectivity index (χ2v) is 15.0. The largest absolute Gasteiger partial charge is 0.144 e. The molecule has 2 rings (SSSR count). The number of rotatable bonds is 1. The van der Waals surface area contributed by atoms with Crippen LogP contribution < -0.4 is 0 Å². The third-order valence-electron chi connectivity index (χ3n) is 5.47. The molecule has 0 aliphatic carbocycles. The van der Waals surface area contributed by atoms with E-state index < -0.39 is 0 Å². The first kappa shape index (κ1) is 22.5. The summed E-state index contributed by atoms with van der Waals surface area (Å²) < 4.78 is 0. The molecule has 2 aliphatic rings. The van der Waals surface area contributed by atoms with Gasteiger partial charge in [-0.1, -0.05) is 106 Å². The highest BCUT2D eigenvalue weighted by Gasteiger charge is 2.46. The summed E-state index contributed by atoms with van der Waals surface area (Å²) in [5, 5.41) is 2.44. The zero-order valence-electron chi connectivity index (χ0n) is 19.3. The van der Waals surface area contributed by atoms with E-state index >= 15 is 0 Å². The highest BCUT2D eigenvalue weighted by molar-refractivity contribution is 8.05. The molecule has 0 saturated heterocycles. The van der Waals surface area contributed by atoms with Crippen molar-refractivity contribution in [1.29, 1.82) is 0 Å². The molecule has 0 fully saturated rings. The minimum Gasteiger partial charge on any atom is -0.144 e. The van der Waals surface area contributed by atoms with Crippen molar-refractivity contribution in [3.05, 3.63) is 23.3 Å². The number of hydrogen-bond acceptors (Lipinski definition) is 2. The summed E-state index contributed by atoms with van der Waals surface area (Å²) >= 11 is 4.43. The lowest BCUT2D eigenvalue weighted by atomic mass is 9.75. The van der Waals surface area contributed by atoms with Crippen molar-refractivity contribution in [3.63, 3.8) is 0 Å². The van der Waals surface area contributed by atoms with Gasteiger partial charge in [-0.25, -0.2) is 0 Å². The molecule has 0 unspecified atom stereocenters. The molecule has 2 heterocycles. The van der Waals surface area contributed by atoms with Gasteiger partial charge in [0.2, 0.25) is 0 Å². The van der Waals surface area contributed by atoms with Crippen LogP contribution in [0.15, 0.2) is 23.3 Å². The lowest BCUT2D eigenvalue weighted by Gasteiger charge is -2.36. The minimum atomic E-state index is 0.253. The molecule has 0 aromatic carbocycles. The Morgan fingerprint density at radius 3 is 0.962 bits per heavy atom. The van der Waals surface area contributed by atoms with Crippen LogP contribution in [0, 0.1) is 21.7 Å². The van der Waals surface area contributed by atoms with E-state index in [0.29, 0.717) is 31.8 Å². The topological polar surface area (TPSA) is 0 Å². The van der Waals surface area contributed by atoms with E-state index in [0.717, 1.165) is 0 Å². The average Bonchev–Trinajstić information content (AvgIpc) is 3.00. The van der Waals surface area contributed by atoms with Crippen LogP contribution in [0.4, 0.5) is 0 Å². The first-order valence-corrected chi connectivity index (χ1v) is 12.1. The first-order valence-electron chi connectivity index (χ1n) is 10.2. The Hall–Kier alpha value is 0.180. The third-order valence-corrected chi connectivity index (χ3v) is 9.59. The van der Waals surface area contributed by atoms with Crippen LogP contribution in [0.25, 0.3) is 0 Å². The van der Waals surface area contributed by atoms with Gasteiger partial charge in [-0.3, -0.25) is 0 Å². The van der Waals surface area contributed by atoms with Gasteiger partial charge in [0.15, 0.2) is 0 Å². The SMILES string of the molecule is CC(C)(C)C1=C[C@@H]([C@H]2C=C(C(C)(C)C)[C@H](C(C)(C)C)S2)S[C@H]1C(C)(C)C. The third kappa shape index (κ3) is 4.77. The van der Waals surface area contributed by atoms with Gasteiger partial charge in [0.05, 0.1) is 0 Å². The second-order valence-electron chi connectivity index (χ2n) is 12.4. The highest BCUT2D eigenvalue weighted by Crippen LogP contribution is 2.56. The maximum absolute atomic E-state index is 2.64. The van der Waals surface area contributed by atoms with Crippen molar-refractivity contribution in [2.45, 2.75) is 104 Å². The van der Waals surface area contributed by atoms with E-state index in [1.165, 1.54) is 0 Å². The van der Waals surface area contributed by atoms with Gasteiger partial charge in [-0.15, -0.1) is 23.5 Å². The number of hydrogen-bond donors (Lipinski definition) is 0. The van der Waals surface area contributed by atoms with Crippen LogP contribution in [0.3, 0.4) is 0 Å². The molecule has 0 N–H and O–H groups in total. The van der Waals surface area contributed by atoms with Gasteiger partial charge in [-0.2, -0.15) is 0 Å². The van der Waals surface area contributed by atoms with Crippen LogP contribution in [-0.4, -0.2) is 21.0 Å². The van der Waals surface area contributed by atoms with Crippen LogP contribution in [0.1, 0.15) is 83.1 Å². The summed E-state index contributed by atoms with van der Waals surface area (Å²) in [6, 6.07) is 0. The van der Waals surface area contributed by atoms with Crippen molar-refractivity contribution in [2.24, 2.45) is 21.7 Å². The zero-order chi connectivity index (χ0) is 20.3. The van der Waals surface area contributed by atoms with E-state index in [2.05, 4.69) is 119 Å². The summed E-state index contributed by atoms with van der Waals surface area (Å²) in [7, 11) is 0. The van der Waals surface area contributed by atoms with Gasteiger partial charge < -0.3 is 0 Å². The summed E-state index contributed by atoms with van der Waals surface area (Å²) in [6.07, 6.45) is 5.28. The minimum absolute atomic E-state index is 0.253. The molecule has 0 aromatic rings. The molecule has 0 nitrogen and oxygen atoms in total. The van der Waals surface area contributed by atoms with E-state index in [1.54, 1.807) is 11.1 Å². The van der Waals surface area contributed by atoms with Gasteiger partial charge in [0.25, 0.3) is 0 Å². The van der Waals surface area contributed by atoms with E-state index in [-0.39, 0.29) is 10.8 Å². The Morgan fingerprint density at radius 1 is 0.538 bits per heavy atom. The van der Waals surface area contributed by atoms with Crippen molar-refractivity contribution in [2.75, 3.05) is 0 Å². The molecule has 0 bridgehead atoms. The fourth-order valence-corrected chi connectivity index (χ4v) is 7.95. The van der Waals surface area contributed by atoms with Crippen LogP contribution >= 0.6 is 23.5 Å². The Balaban J connectivity index is 2.37. The molecule has 4 atom stereocenters. The fraction of sp³-hybridized carbons (Fsp3) is 0.833. The zero-order valence-corrected chi connectivity index (χ0v) is 20.9. The molecule has 0 spiro atoms. The average molecular weight is 395 g/mol. The fourth-order valence-electron chi connectivity index (χ4n) is 4.04. The number of thioether (sulfide) groups is 2. The van der Waals surface area contributed by atoms with Crippen molar-refractivity contribution in [1.82, 2.24) is 0 Å². The molecular formula is C24H42S2. The molecular weight excluding hydrogens is 352 g/mol. The Kier molecular flexibility index (Phi) is 5.97. The predicted octanol–water partition coefficient (Wildman–Crippen LogP) is 7.99. The Bertz CT molecular complexity index is 528. The van der Waals surface area contributed by atoms with Crippen LogP contribution in [-0.2, 0) is 0 Å². The molecule has 0 amide bonds. The molecule has 0 radical (unpaired) electrons. The van der Waals surface area contributed by atoms with E-state index in [4.69, 9.17) is 0 Å².